The van der Waals surface area contributed by atoms with Gasteiger partial charge >= 0.3 is 6.09 Å². The molecule has 8 nitrogen and oxygen atoms in total. The highest BCUT2D eigenvalue weighted by Crippen LogP contribution is 2.21. The van der Waals surface area contributed by atoms with Crippen LogP contribution in [0.1, 0.15) is 37.0 Å². The summed E-state index contributed by atoms with van der Waals surface area (Å²) in [5.41, 5.74) is 2.63. The van der Waals surface area contributed by atoms with E-state index in [0.29, 0.717) is 0 Å². The summed E-state index contributed by atoms with van der Waals surface area (Å²) in [6, 6.07) is 15.0. The molecule has 0 spiro atoms. The van der Waals surface area contributed by atoms with Gasteiger partial charge in [0.25, 0.3) is 5.92 Å². The van der Waals surface area contributed by atoms with Crippen molar-refractivity contribution < 1.29 is 33.0 Å². The average Bonchev–Trinajstić information content (AvgIpc) is 2.86. The van der Waals surface area contributed by atoms with Crippen LogP contribution in [0.2, 0.25) is 0 Å². The lowest BCUT2D eigenvalue weighted by molar-refractivity contribution is -0.133. The first-order chi connectivity index (χ1) is 17.5. The molecule has 2 unspecified atom stereocenters. The van der Waals surface area contributed by atoms with E-state index >= 15 is 0 Å². The minimum atomic E-state index is -3.70. The summed E-state index contributed by atoms with van der Waals surface area (Å²) in [5, 5.41) is 17.1. The van der Waals surface area contributed by atoms with E-state index in [1.54, 1.807) is 37.3 Å². The number of halogens is 2. The van der Waals surface area contributed by atoms with Crippen molar-refractivity contribution in [3.8, 4) is 0 Å². The molecule has 0 radical (unpaired) electrons. The fourth-order valence-electron chi connectivity index (χ4n) is 3.51. The Hall–Kier alpha value is -3.53. The van der Waals surface area contributed by atoms with Crippen LogP contribution in [0.5, 0.6) is 0 Å². The number of aliphatic hydroxyl groups excluding tert-OH is 1. The van der Waals surface area contributed by atoms with Gasteiger partial charge in [-0.15, -0.1) is 0 Å². The molecule has 3 amide bonds. The summed E-state index contributed by atoms with van der Waals surface area (Å²) >= 11 is 0. The number of hydrogen-bond acceptors (Lipinski definition) is 5. The van der Waals surface area contributed by atoms with E-state index < -0.39 is 36.6 Å². The molecule has 0 heterocycles. The molecule has 4 N–H and O–H groups in total. The van der Waals surface area contributed by atoms with Gasteiger partial charge in [0.1, 0.15) is 12.7 Å². The highest BCUT2D eigenvalue weighted by atomic mass is 19.3. The maximum absolute atomic E-state index is 14.4. The molecule has 3 atom stereocenters. The van der Waals surface area contributed by atoms with Crippen LogP contribution in [0.4, 0.5) is 13.6 Å². The molecule has 0 aliphatic heterocycles. The molecule has 202 valence electrons. The number of amides is 3. The van der Waals surface area contributed by atoms with Gasteiger partial charge in [0, 0.05) is 13.0 Å². The van der Waals surface area contributed by atoms with Crippen molar-refractivity contribution >= 4 is 17.9 Å². The van der Waals surface area contributed by atoms with Gasteiger partial charge in [0.2, 0.25) is 11.8 Å². The third-order valence-electron chi connectivity index (χ3n) is 5.78. The molecule has 0 aromatic heterocycles. The fraction of sp³-hybridized carbons (Fsp3) is 0.444. The van der Waals surface area contributed by atoms with Gasteiger partial charge in [-0.2, -0.15) is 0 Å². The van der Waals surface area contributed by atoms with Gasteiger partial charge in [-0.3, -0.25) is 9.59 Å². The second kappa shape index (κ2) is 14.3. The first-order valence-corrected chi connectivity index (χ1v) is 12.1. The van der Waals surface area contributed by atoms with Crippen molar-refractivity contribution in [1.29, 1.82) is 0 Å². The molecule has 0 aliphatic rings. The second-order valence-electron chi connectivity index (χ2n) is 9.19. The molecule has 2 rings (SSSR count). The van der Waals surface area contributed by atoms with Crippen LogP contribution < -0.4 is 16.0 Å². The van der Waals surface area contributed by atoms with E-state index in [9.17, 15) is 28.3 Å². The number of carbonyl (C=O) groups excluding carboxylic acids is 3. The minimum Gasteiger partial charge on any atom is -0.445 e. The topological polar surface area (TPSA) is 117 Å². The molecule has 0 fully saturated rings. The average molecular weight is 520 g/mol. The number of alkyl halides is 2. The van der Waals surface area contributed by atoms with Crippen molar-refractivity contribution in [2.24, 2.45) is 5.92 Å². The maximum Gasteiger partial charge on any atom is 0.407 e. The Morgan fingerprint density at radius 2 is 1.62 bits per heavy atom. The molecule has 0 saturated heterocycles. The van der Waals surface area contributed by atoms with Crippen LogP contribution >= 0.6 is 0 Å². The Bertz CT molecular complexity index is 1040. The standard InChI is InChI=1S/C27H35F2N3O5/c1-18(15-30-24(34)14-22-12-8-7-9-19(22)2)13-23(33)31-17-27(28,29)25(35)20(3)32-26(36)37-16-21-10-5-4-6-11-21/h4-12,18,20,25,35H,13-17H2,1-3H3,(H,30,34)(H,31,33)(H,32,36)/t18-,20?,25?/m1/s1. The van der Waals surface area contributed by atoms with E-state index in [1.165, 1.54) is 6.92 Å². The maximum atomic E-state index is 14.4. The van der Waals surface area contributed by atoms with E-state index in [2.05, 4.69) is 16.0 Å². The summed E-state index contributed by atoms with van der Waals surface area (Å²) in [7, 11) is 0. The number of nitrogens with one attached hydrogen (secondary N) is 3. The van der Waals surface area contributed by atoms with Crippen LogP contribution in [0, 0.1) is 12.8 Å². The number of alkyl carbamates (subject to hydrolysis) is 1. The monoisotopic (exact) mass is 519 g/mol. The number of benzene rings is 2. The lowest BCUT2D eigenvalue weighted by Crippen LogP contribution is -2.54. The number of ether oxygens (including phenoxy) is 1. The van der Waals surface area contributed by atoms with E-state index in [-0.39, 0.29) is 37.8 Å². The predicted molar refractivity (Wildman–Crippen MR) is 135 cm³/mol. The van der Waals surface area contributed by atoms with Gasteiger partial charge in [0.05, 0.1) is 19.0 Å². The lowest BCUT2D eigenvalue weighted by Gasteiger charge is -2.28. The molecular formula is C27H35F2N3O5. The highest BCUT2D eigenvalue weighted by Gasteiger charge is 2.42. The molecule has 2 aromatic carbocycles. The van der Waals surface area contributed by atoms with Crippen LogP contribution in [-0.4, -0.2) is 54.2 Å². The molecule has 2 aromatic rings. The number of hydrogen-bond donors (Lipinski definition) is 4. The normalized spacial score (nSPS) is 13.7. The van der Waals surface area contributed by atoms with Crippen molar-refractivity contribution in [1.82, 2.24) is 16.0 Å². The Labute approximate surface area is 215 Å². The van der Waals surface area contributed by atoms with E-state index in [0.717, 1.165) is 16.7 Å². The van der Waals surface area contributed by atoms with Crippen LogP contribution in [0.25, 0.3) is 0 Å². The number of rotatable bonds is 13. The molecule has 10 heteroatoms. The quantitative estimate of drug-likeness (QED) is 0.325. The Morgan fingerprint density at radius 1 is 0.973 bits per heavy atom. The molecule has 37 heavy (non-hydrogen) atoms. The summed E-state index contributed by atoms with van der Waals surface area (Å²) in [5.74, 6) is -4.83. The Morgan fingerprint density at radius 3 is 2.30 bits per heavy atom. The smallest absolute Gasteiger partial charge is 0.407 e. The largest absolute Gasteiger partial charge is 0.445 e. The summed E-state index contributed by atoms with van der Waals surface area (Å²) in [6.07, 6.45) is -3.08. The van der Waals surface area contributed by atoms with Gasteiger partial charge in [-0.1, -0.05) is 61.5 Å². The third kappa shape index (κ3) is 10.5. The van der Waals surface area contributed by atoms with Gasteiger partial charge < -0.3 is 25.8 Å². The predicted octanol–water partition coefficient (Wildman–Crippen LogP) is 3.11. The van der Waals surface area contributed by atoms with Crippen LogP contribution in [0.3, 0.4) is 0 Å². The zero-order valence-electron chi connectivity index (χ0n) is 21.3. The number of carbonyl (C=O) groups is 3. The van der Waals surface area contributed by atoms with Crippen molar-refractivity contribution in [3.63, 3.8) is 0 Å². The fourth-order valence-corrected chi connectivity index (χ4v) is 3.51. The summed E-state index contributed by atoms with van der Waals surface area (Å²) in [6.45, 7) is 3.90. The van der Waals surface area contributed by atoms with Gasteiger partial charge in [0.15, 0.2) is 0 Å². The SMILES string of the molecule is Cc1ccccc1CC(=O)NC[C@H](C)CC(=O)NCC(F)(F)C(O)C(C)NC(=O)OCc1ccccc1. The van der Waals surface area contributed by atoms with Gasteiger partial charge in [-0.05, 0) is 36.5 Å². The summed E-state index contributed by atoms with van der Waals surface area (Å²) < 4.78 is 33.9. The first-order valence-electron chi connectivity index (χ1n) is 12.1. The molecular weight excluding hydrogens is 484 g/mol. The van der Waals surface area contributed by atoms with Crippen LogP contribution in [0.15, 0.2) is 54.6 Å². The van der Waals surface area contributed by atoms with Crippen molar-refractivity contribution in [3.05, 3.63) is 71.3 Å². The van der Waals surface area contributed by atoms with Crippen molar-refractivity contribution in [2.45, 2.75) is 58.3 Å². The first kappa shape index (κ1) is 29.7. The molecule has 0 aliphatic carbocycles. The molecule has 0 bridgehead atoms. The zero-order chi connectivity index (χ0) is 27.4. The lowest BCUT2D eigenvalue weighted by atomic mass is 10.0. The van der Waals surface area contributed by atoms with Gasteiger partial charge in [-0.25, -0.2) is 13.6 Å². The Kier molecular flexibility index (Phi) is 11.5. The number of aryl methyl sites for hydroxylation is 1. The second-order valence-corrected chi connectivity index (χ2v) is 9.19. The van der Waals surface area contributed by atoms with E-state index in [4.69, 9.17) is 4.74 Å². The Balaban J connectivity index is 1.70. The van der Waals surface area contributed by atoms with Crippen LogP contribution in [-0.2, 0) is 27.4 Å². The summed E-state index contributed by atoms with van der Waals surface area (Å²) in [4.78, 5) is 36.2. The third-order valence-corrected chi connectivity index (χ3v) is 5.78. The number of aliphatic hydroxyl groups is 1. The van der Waals surface area contributed by atoms with Crippen molar-refractivity contribution in [2.75, 3.05) is 13.1 Å². The zero-order valence-corrected chi connectivity index (χ0v) is 21.3. The minimum absolute atomic E-state index is 0.0491. The highest BCUT2D eigenvalue weighted by molar-refractivity contribution is 5.79. The van der Waals surface area contributed by atoms with E-state index in [1.807, 2.05) is 31.2 Å². The molecule has 0 saturated carbocycles.